The molecule has 5 aromatic rings. The predicted molar refractivity (Wildman–Crippen MR) is 122 cm³/mol. The number of H-pyrrole nitrogens is 1. The van der Waals surface area contributed by atoms with Gasteiger partial charge in [0, 0.05) is 16.3 Å². The molecule has 0 saturated heterocycles. The molecule has 1 amide bonds. The quantitative estimate of drug-likeness (QED) is 0.389. The Hall–Kier alpha value is -3.29. The zero-order valence-electron chi connectivity index (χ0n) is 15.9. The molecule has 148 valence electrons. The molecule has 0 unspecified atom stereocenters. The van der Waals surface area contributed by atoms with E-state index in [-0.39, 0.29) is 18.4 Å². The van der Waals surface area contributed by atoms with Crippen LogP contribution in [0.1, 0.15) is 22.9 Å². The number of aromatic amines is 1. The van der Waals surface area contributed by atoms with Crippen LogP contribution in [0.5, 0.6) is 0 Å². The van der Waals surface area contributed by atoms with Crippen LogP contribution < -0.4 is 5.32 Å². The lowest BCUT2D eigenvalue weighted by molar-refractivity contribution is -0.121. The first-order valence-corrected chi connectivity index (χ1v) is 11.3. The van der Waals surface area contributed by atoms with Crippen LogP contribution >= 0.6 is 22.7 Å². The zero-order valence-corrected chi connectivity index (χ0v) is 17.5. The Bertz CT molecular complexity index is 1280. The Balaban J connectivity index is 1.39. The van der Waals surface area contributed by atoms with Gasteiger partial charge < -0.3 is 10.3 Å². The number of benzene rings is 2. The minimum atomic E-state index is -0.249. The number of nitrogens with zero attached hydrogens (tertiary/aromatic N) is 2. The Morgan fingerprint density at radius 3 is 2.80 bits per heavy atom. The van der Waals surface area contributed by atoms with Gasteiger partial charge in [-0.2, -0.15) is 11.3 Å². The molecule has 0 saturated carbocycles. The first-order valence-electron chi connectivity index (χ1n) is 9.50. The number of rotatable bonds is 6. The monoisotopic (exact) mass is 430 g/mol. The van der Waals surface area contributed by atoms with Crippen molar-refractivity contribution in [1.82, 2.24) is 20.3 Å². The van der Waals surface area contributed by atoms with Crippen LogP contribution in [0.15, 0.2) is 77.1 Å². The van der Waals surface area contributed by atoms with Gasteiger partial charge in [-0.25, -0.2) is 9.97 Å². The number of imidazole rings is 1. The van der Waals surface area contributed by atoms with Crippen molar-refractivity contribution in [1.29, 1.82) is 0 Å². The molecule has 5 nitrogen and oxygen atoms in total. The predicted octanol–water partition coefficient (Wildman–Crippen LogP) is 5.20. The summed E-state index contributed by atoms with van der Waals surface area (Å²) in [6.07, 6.45) is 1.92. The number of aromatic nitrogens is 3. The largest absolute Gasteiger partial charge is 0.345 e. The summed E-state index contributed by atoms with van der Waals surface area (Å²) >= 11 is 3.21. The second kappa shape index (κ2) is 8.22. The van der Waals surface area contributed by atoms with Crippen molar-refractivity contribution >= 4 is 39.6 Å². The highest BCUT2D eigenvalue weighted by molar-refractivity contribution is 7.14. The molecule has 0 aliphatic carbocycles. The summed E-state index contributed by atoms with van der Waals surface area (Å²) in [5.74, 6) is -0.0595. The fourth-order valence-corrected chi connectivity index (χ4v) is 4.95. The minimum absolute atomic E-state index is 0.0595. The van der Waals surface area contributed by atoms with Gasteiger partial charge in [0.15, 0.2) is 0 Å². The lowest BCUT2D eigenvalue weighted by Crippen LogP contribution is -2.30. The van der Waals surface area contributed by atoms with Gasteiger partial charge in [-0.3, -0.25) is 4.79 Å². The maximum Gasteiger partial charge on any atom is 0.226 e. The molecule has 0 fully saturated rings. The van der Waals surface area contributed by atoms with Crippen LogP contribution in [0.25, 0.3) is 21.6 Å². The van der Waals surface area contributed by atoms with Crippen molar-refractivity contribution in [3.05, 3.63) is 93.9 Å². The van der Waals surface area contributed by atoms with Gasteiger partial charge in [-0.1, -0.05) is 36.4 Å². The van der Waals surface area contributed by atoms with Gasteiger partial charge in [0.25, 0.3) is 0 Å². The van der Waals surface area contributed by atoms with Crippen molar-refractivity contribution in [2.24, 2.45) is 0 Å². The number of fused-ring (bicyclic) bond motifs is 1. The Morgan fingerprint density at radius 2 is 1.97 bits per heavy atom. The number of hydrogen-bond acceptors (Lipinski definition) is 5. The van der Waals surface area contributed by atoms with Gasteiger partial charge in [0.2, 0.25) is 5.91 Å². The number of thiophene rings is 1. The summed E-state index contributed by atoms with van der Waals surface area (Å²) in [6.45, 7) is 0. The van der Waals surface area contributed by atoms with Crippen molar-refractivity contribution in [2.75, 3.05) is 0 Å². The summed E-state index contributed by atoms with van der Waals surface area (Å²) < 4.78 is 0. The Labute approximate surface area is 181 Å². The standard InChI is InChI=1S/C23H18N4OS2/c28-21(11-18-13-30-23(26-18)17-8-9-29-12-17)27-22(15-4-2-1-3-5-15)16-6-7-19-20(10-16)25-14-24-19/h1-10,12-14,22H,11H2,(H,24,25)(H,27,28)/t22-/m1/s1. The zero-order chi connectivity index (χ0) is 20.3. The third kappa shape index (κ3) is 3.90. The van der Waals surface area contributed by atoms with Crippen molar-refractivity contribution in [3.63, 3.8) is 0 Å². The third-order valence-corrected chi connectivity index (χ3v) is 6.50. The Morgan fingerprint density at radius 1 is 1.07 bits per heavy atom. The van der Waals surface area contributed by atoms with Crippen molar-refractivity contribution in [2.45, 2.75) is 12.5 Å². The van der Waals surface area contributed by atoms with E-state index in [1.807, 2.05) is 65.4 Å². The summed E-state index contributed by atoms with van der Waals surface area (Å²) in [5.41, 5.74) is 5.77. The molecule has 7 heteroatoms. The first-order chi connectivity index (χ1) is 14.8. The van der Waals surface area contributed by atoms with Crippen LogP contribution in [0.3, 0.4) is 0 Å². The van der Waals surface area contributed by atoms with E-state index in [9.17, 15) is 4.79 Å². The van der Waals surface area contributed by atoms with Crippen LogP contribution in [0.2, 0.25) is 0 Å². The molecule has 30 heavy (non-hydrogen) atoms. The van der Waals surface area contributed by atoms with Gasteiger partial charge in [-0.05, 0) is 34.7 Å². The number of carbonyl (C=O) groups is 1. The fraction of sp³-hybridized carbons (Fsp3) is 0.0870. The van der Waals surface area contributed by atoms with Gasteiger partial charge in [0.05, 0.1) is 35.5 Å². The van der Waals surface area contributed by atoms with E-state index in [2.05, 4.69) is 25.6 Å². The van der Waals surface area contributed by atoms with Crippen LogP contribution in [0.4, 0.5) is 0 Å². The molecule has 0 aliphatic rings. The molecular weight excluding hydrogens is 412 g/mol. The number of carbonyl (C=O) groups excluding carboxylic acids is 1. The molecular formula is C23H18N4OS2. The van der Waals surface area contributed by atoms with E-state index in [0.717, 1.165) is 38.4 Å². The van der Waals surface area contributed by atoms with E-state index < -0.39 is 0 Å². The molecule has 2 N–H and O–H groups in total. The molecule has 0 bridgehead atoms. The molecule has 0 aliphatic heterocycles. The van der Waals surface area contributed by atoms with E-state index >= 15 is 0 Å². The highest BCUT2D eigenvalue weighted by Gasteiger charge is 2.19. The van der Waals surface area contributed by atoms with Crippen molar-refractivity contribution < 1.29 is 4.79 Å². The average molecular weight is 431 g/mol. The molecule has 5 rings (SSSR count). The van der Waals surface area contributed by atoms with Crippen LogP contribution in [-0.2, 0) is 11.2 Å². The van der Waals surface area contributed by atoms with Gasteiger partial charge in [-0.15, -0.1) is 11.3 Å². The number of nitrogens with one attached hydrogen (secondary N) is 2. The molecule has 0 radical (unpaired) electrons. The lowest BCUT2D eigenvalue weighted by Gasteiger charge is -2.20. The summed E-state index contributed by atoms with van der Waals surface area (Å²) in [7, 11) is 0. The summed E-state index contributed by atoms with van der Waals surface area (Å²) in [5, 5.41) is 10.2. The SMILES string of the molecule is O=C(Cc1csc(-c2ccsc2)n1)N[C@H](c1ccccc1)c1ccc2nc[nH]c2c1. The fourth-order valence-electron chi connectivity index (χ4n) is 3.42. The summed E-state index contributed by atoms with van der Waals surface area (Å²) in [4.78, 5) is 25.0. The third-order valence-electron chi connectivity index (χ3n) is 4.88. The molecule has 3 heterocycles. The number of amides is 1. The number of hydrogen-bond donors (Lipinski definition) is 2. The lowest BCUT2D eigenvalue weighted by atomic mass is 9.98. The van der Waals surface area contributed by atoms with E-state index in [4.69, 9.17) is 0 Å². The highest BCUT2D eigenvalue weighted by atomic mass is 32.1. The van der Waals surface area contributed by atoms with Crippen LogP contribution in [-0.4, -0.2) is 20.9 Å². The molecule has 1 atom stereocenters. The second-order valence-corrected chi connectivity index (χ2v) is 8.56. The van der Waals surface area contributed by atoms with E-state index in [0.29, 0.717) is 0 Å². The highest BCUT2D eigenvalue weighted by Crippen LogP contribution is 2.27. The number of thiazole rings is 1. The normalized spacial score (nSPS) is 12.1. The smallest absolute Gasteiger partial charge is 0.226 e. The topological polar surface area (TPSA) is 70.7 Å². The second-order valence-electron chi connectivity index (χ2n) is 6.92. The molecule has 3 aromatic heterocycles. The first kappa shape index (κ1) is 18.7. The maximum absolute atomic E-state index is 12.9. The van der Waals surface area contributed by atoms with Crippen molar-refractivity contribution in [3.8, 4) is 10.6 Å². The van der Waals surface area contributed by atoms with Crippen LogP contribution in [0, 0.1) is 0 Å². The van der Waals surface area contributed by atoms with E-state index in [1.165, 1.54) is 0 Å². The Kier molecular flexibility index (Phi) is 5.13. The average Bonchev–Trinajstić information content (AvgIpc) is 3.53. The molecule has 0 spiro atoms. The summed E-state index contributed by atoms with van der Waals surface area (Å²) in [6, 6.07) is 17.8. The van der Waals surface area contributed by atoms with Gasteiger partial charge in [0.1, 0.15) is 5.01 Å². The minimum Gasteiger partial charge on any atom is -0.345 e. The van der Waals surface area contributed by atoms with E-state index in [1.54, 1.807) is 29.0 Å². The maximum atomic E-state index is 12.9. The molecule has 2 aromatic carbocycles. The van der Waals surface area contributed by atoms with Gasteiger partial charge >= 0.3 is 0 Å².